The highest BCUT2D eigenvalue weighted by atomic mass is 32.2. The highest BCUT2D eigenvalue weighted by molar-refractivity contribution is 7.89. The van der Waals surface area contributed by atoms with Crippen LogP contribution in [0, 0.1) is 0 Å². The van der Waals surface area contributed by atoms with Crippen LogP contribution >= 0.6 is 0 Å². The highest BCUT2D eigenvalue weighted by Gasteiger charge is 2.36. The Morgan fingerprint density at radius 2 is 2.00 bits per heavy atom. The van der Waals surface area contributed by atoms with Crippen LogP contribution in [0.3, 0.4) is 0 Å². The Labute approximate surface area is 159 Å². The molecule has 1 aromatic carbocycles. The lowest BCUT2D eigenvalue weighted by Crippen LogP contribution is -2.53. The molecule has 0 radical (unpaired) electrons. The molecule has 0 atom stereocenters. The lowest BCUT2D eigenvalue weighted by Gasteiger charge is -2.39. The fourth-order valence-electron chi connectivity index (χ4n) is 3.32. The first-order chi connectivity index (χ1) is 12.7. The van der Waals surface area contributed by atoms with Crippen LogP contribution in [0.15, 0.2) is 54.1 Å². The number of nitrogens with one attached hydrogen (secondary N) is 1. The molecule has 7 nitrogen and oxygen atoms in total. The number of benzene rings is 1. The molecule has 2 heterocycles. The molecule has 1 aliphatic heterocycles. The first-order valence-electron chi connectivity index (χ1n) is 8.78. The number of carbonyl (C=O) groups is 1. The molecular formula is C19H24N4O3S. The average Bonchev–Trinajstić information content (AvgIpc) is 3.08. The van der Waals surface area contributed by atoms with E-state index in [0.717, 1.165) is 11.3 Å². The molecule has 2 aromatic rings. The molecule has 1 aliphatic rings. The van der Waals surface area contributed by atoms with Crippen molar-refractivity contribution in [2.45, 2.75) is 30.2 Å². The van der Waals surface area contributed by atoms with Gasteiger partial charge in [-0.1, -0.05) is 18.7 Å². The Bertz CT molecular complexity index is 957. The highest BCUT2D eigenvalue weighted by Crippen LogP contribution is 2.28. The summed E-state index contributed by atoms with van der Waals surface area (Å²) in [6.45, 7) is 6.10. The third-order valence-corrected chi connectivity index (χ3v) is 6.92. The zero-order valence-corrected chi connectivity index (χ0v) is 16.4. The quantitative estimate of drug-likeness (QED) is 0.794. The van der Waals surface area contributed by atoms with E-state index in [1.807, 2.05) is 26.1 Å². The second-order valence-electron chi connectivity index (χ2n) is 7.03. The van der Waals surface area contributed by atoms with Crippen molar-refractivity contribution in [2.75, 3.05) is 13.1 Å². The molecule has 27 heavy (non-hydrogen) atoms. The van der Waals surface area contributed by atoms with Crippen LogP contribution in [0.2, 0.25) is 0 Å². The molecular weight excluding hydrogens is 364 g/mol. The lowest BCUT2D eigenvalue weighted by atomic mass is 9.90. The molecule has 0 spiro atoms. The predicted octanol–water partition coefficient (Wildman–Crippen LogP) is 1.93. The zero-order chi connectivity index (χ0) is 19.7. The minimum atomic E-state index is -3.60. The number of nitrogens with zero attached hydrogens (tertiary/aromatic N) is 3. The number of rotatable bonds is 5. The van der Waals surface area contributed by atoms with Crippen molar-refractivity contribution in [2.24, 2.45) is 7.05 Å². The normalized spacial score (nSPS) is 17.4. The van der Waals surface area contributed by atoms with Gasteiger partial charge >= 0.3 is 0 Å². The average molecular weight is 388 g/mol. The summed E-state index contributed by atoms with van der Waals surface area (Å²) in [5.74, 6) is -0.238. The van der Waals surface area contributed by atoms with Crippen molar-refractivity contribution in [1.29, 1.82) is 0 Å². The Balaban J connectivity index is 1.79. The van der Waals surface area contributed by atoms with E-state index in [0.29, 0.717) is 25.9 Å². The van der Waals surface area contributed by atoms with Gasteiger partial charge in [0.1, 0.15) is 0 Å². The number of sulfonamides is 1. The zero-order valence-electron chi connectivity index (χ0n) is 15.6. The van der Waals surface area contributed by atoms with Crippen LogP contribution in [0.1, 0.15) is 19.8 Å². The Morgan fingerprint density at radius 3 is 2.59 bits per heavy atom. The van der Waals surface area contributed by atoms with E-state index in [1.165, 1.54) is 10.4 Å². The lowest BCUT2D eigenvalue weighted by molar-refractivity contribution is -0.118. The summed E-state index contributed by atoms with van der Waals surface area (Å²) in [6.07, 6.45) is 4.01. The molecule has 3 rings (SSSR count). The van der Waals surface area contributed by atoms with Gasteiger partial charge in [-0.3, -0.25) is 9.48 Å². The fraction of sp³-hybridized carbons (Fsp3) is 0.368. The predicted molar refractivity (Wildman–Crippen MR) is 103 cm³/mol. The van der Waals surface area contributed by atoms with Gasteiger partial charge in [0.25, 0.3) is 0 Å². The van der Waals surface area contributed by atoms with Crippen LogP contribution in [0.4, 0.5) is 0 Å². The van der Waals surface area contributed by atoms with E-state index < -0.39 is 15.6 Å². The van der Waals surface area contributed by atoms with Crippen molar-refractivity contribution >= 4 is 15.9 Å². The summed E-state index contributed by atoms with van der Waals surface area (Å²) in [7, 11) is -1.78. The van der Waals surface area contributed by atoms with Gasteiger partial charge in [-0.25, -0.2) is 8.42 Å². The van der Waals surface area contributed by atoms with E-state index in [2.05, 4.69) is 17.0 Å². The third kappa shape index (κ3) is 3.96. The van der Waals surface area contributed by atoms with Crippen LogP contribution < -0.4 is 5.32 Å². The van der Waals surface area contributed by atoms with E-state index >= 15 is 0 Å². The first-order valence-corrected chi connectivity index (χ1v) is 10.2. The minimum absolute atomic E-state index is 0.238. The molecule has 144 valence electrons. The molecule has 0 unspecified atom stereocenters. The van der Waals surface area contributed by atoms with Crippen molar-refractivity contribution in [3.63, 3.8) is 0 Å². The Morgan fingerprint density at radius 1 is 1.30 bits per heavy atom. The monoisotopic (exact) mass is 388 g/mol. The number of amides is 1. The van der Waals surface area contributed by atoms with E-state index in [1.54, 1.807) is 29.1 Å². The van der Waals surface area contributed by atoms with Crippen molar-refractivity contribution < 1.29 is 13.2 Å². The molecule has 1 saturated heterocycles. The largest absolute Gasteiger partial charge is 0.347 e. The van der Waals surface area contributed by atoms with Gasteiger partial charge in [-0.15, -0.1) is 0 Å². The number of carbonyl (C=O) groups excluding carboxylic acids is 1. The number of hydrogen-bond acceptors (Lipinski definition) is 4. The van der Waals surface area contributed by atoms with Crippen LogP contribution in [0.5, 0.6) is 0 Å². The number of piperidine rings is 1. The maximum atomic E-state index is 13.1. The van der Waals surface area contributed by atoms with Crippen LogP contribution in [-0.2, 0) is 21.9 Å². The van der Waals surface area contributed by atoms with Crippen molar-refractivity contribution in [3.8, 4) is 11.3 Å². The summed E-state index contributed by atoms with van der Waals surface area (Å²) in [4.78, 5) is 11.9. The molecule has 8 heteroatoms. The molecule has 0 saturated carbocycles. The SMILES string of the molecule is C=CC(=O)NC1(C)CCN(S(=O)(=O)c2cccc(-c3ccnn3C)c2)CC1. The Hall–Kier alpha value is -2.45. The molecule has 1 fully saturated rings. The minimum Gasteiger partial charge on any atom is -0.347 e. The van der Waals surface area contributed by atoms with Gasteiger partial charge in [-0.2, -0.15) is 9.40 Å². The van der Waals surface area contributed by atoms with Crippen molar-refractivity contribution in [3.05, 3.63) is 49.2 Å². The summed E-state index contributed by atoms with van der Waals surface area (Å²) < 4.78 is 29.4. The first kappa shape index (κ1) is 19.3. The maximum absolute atomic E-state index is 13.1. The van der Waals surface area contributed by atoms with E-state index in [9.17, 15) is 13.2 Å². The summed E-state index contributed by atoms with van der Waals surface area (Å²) >= 11 is 0. The number of aryl methyl sites for hydroxylation is 1. The summed E-state index contributed by atoms with van der Waals surface area (Å²) in [6, 6.07) is 8.75. The third-order valence-electron chi connectivity index (χ3n) is 5.02. The van der Waals surface area contributed by atoms with E-state index in [-0.39, 0.29) is 10.8 Å². The molecule has 1 N–H and O–H groups in total. The second kappa shape index (κ2) is 7.28. The van der Waals surface area contributed by atoms with Crippen molar-refractivity contribution in [1.82, 2.24) is 19.4 Å². The molecule has 1 aromatic heterocycles. The van der Waals surface area contributed by atoms with E-state index in [4.69, 9.17) is 0 Å². The van der Waals surface area contributed by atoms with Crippen LogP contribution in [-0.4, -0.2) is 47.0 Å². The standard InChI is InChI=1S/C19H24N4O3S/c1-4-18(24)21-19(2)9-12-23(13-10-19)27(25,26)16-7-5-6-15(14-16)17-8-11-20-22(17)3/h4-8,11,14H,1,9-10,12-13H2,2-3H3,(H,21,24). The Kier molecular flexibility index (Phi) is 5.21. The smallest absolute Gasteiger partial charge is 0.243 e. The summed E-state index contributed by atoms with van der Waals surface area (Å²) in [5.41, 5.74) is 1.23. The van der Waals surface area contributed by atoms with Gasteiger partial charge in [0.15, 0.2) is 0 Å². The maximum Gasteiger partial charge on any atom is 0.243 e. The second-order valence-corrected chi connectivity index (χ2v) is 8.96. The van der Waals surface area contributed by atoms with Gasteiger partial charge in [0.05, 0.1) is 10.6 Å². The van der Waals surface area contributed by atoms with Gasteiger partial charge in [0.2, 0.25) is 15.9 Å². The molecule has 0 bridgehead atoms. The fourth-order valence-corrected chi connectivity index (χ4v) is 4.80. The van der Waals surface area contributed by atoms with Gasteiger partial charge in [0, 0.05) is 37.4 Å². The van der Waals surface area contributed by atoms with Gasteiger partial charge < -0.3 is 5.32 Å². The molecule has 1 amide bonds. The number of hydrogen-bond donors (Lipinski definition) is 1. The summed E-state index contributed by atoms with van der Waals surface area (Å²) in [5, 5.41) is 7.04. The van der Waals surface area contributed by atoms with Crippen LogP contribution in [0.25, 0.3) is 11.3 Å². The molecule has 0 aliphatic carbocycles. The van der Waals surface area contributed by atoms with Gasteiger partial charge in [-0.05, 0) is 44.0 Å². The number of aromatic nitrogens is 2. The topological polar surface area (TPSA) is 84.3 Å².